The summed E-state index contributed by atoms with van der Waals surface area (Å²) in [6.45, 7) is 11.4. The Morgan fingerprint density at radius 3 is 0.817 bits per heavy atom. The summed E-state index contributed by atoms with van der Waals surface area (Å²) in [5, 5.41) is 0. The molecule has 0 heterocycles. The molecule has 1 atom stereocenters. The predicted molar refractivity (Wildman–Crippen MR) is 256 cm³/mol. The molecule has 0 radical (unpaired) electrons. The van der Waals surface area contributed by atoms with E-state index in [0.29, 0.717) is 19.3 Å². The van der Waals surface area contributed by atoms with Crippen LogP contribution in [0.1, 0.15) is 298 Å². The molecule has 356 valence electrons. The van der Waals surface area contributed by atoms with Crippen LogP contribution in [0.4, 0.5) is 0 Å². The van der Waals surface area contributed by atoms with Crippen molar-refractivity contribution >= 4 is 17.9 Å². The summed E-state index contributed by atoms with van der Waals surface area (Å²) in [7, 11) is 0. The van der Waals surface area contributed by atoms with Crippen LogP contribution in [0.3, 0.4) is 0 Å². The van der Waals surface area contributed by atoms with E-state index < -0.39 is 6.10 Å². The number of hydrogen-bond acceptors (Lipinski definition) is 6. The van der Waals surface area contributed by atoms with E-state index in [9.17, 15) is 14.4 Å². The molecule has 0 aliphatic heterocycles. The van der Waals surface area contributed by atoms with Crippen LogP contribution in [0.15, 0.2) is 0 Å². The van der Waals surface area contributed by atoms with Crippen molar-refractivity contribution in [3.63, 3.8) is 0 Å². The van der Waals surface area contributed by atoms with Gasteiger partial charge in [-0.2, -0.15) is 0 Å². The highest BCUT2D eigenvalue weighted by Gasteiger charge is 2.19. The number of carbonyl (C=O) groups is 3. The average Bonchev–Trinajstić information content (AvgIpc) is 3.22. The molecule has 0 unspecified atom stereocenters. The maximum absolute atomic E-state index is 12.7. The third kappa shape index (κ3) is 47.5. The summed E-state index contributed by atoms with van der Waals surface area (Å²) in [4.78, 5) is 37.9. The summed E-state index contributed by atoms with van der Waals surface area (Å²) >= 11 is 0. The highest BCUT2D eigenvalue weighted by Crippen LogP contribution is 2.18. The first-order valence-electron chi connectivity index (χ1n) is 26.7. The zero-order chi connectivity index (χ0) is 44.0. The zero-order valence-corrected chi connectivity index (χ0v) is 41.1. The van der Waals surface area contributed by atoms with Gasteiger partial charge in [-0.15, -0.1) is 0 Å². The van der Waals surface area contributed by atoms with Gasteiger partial charge in [0, 0.05) is 19.3 Å². The van der Waals surface area contributed by atoms with Gasteiger partial charge in [-0.25, -0.2) is 0 Å². The molecule has 0 saturated carbocycles. The van der Waals surface area contributed by atoms with Crippen molar-refractivity contribution in [1.29, 1.82) is 0 Å². The normalized spacial score (nSPS) is 12.1. The van der Waals surface area contributed by atoms with Gasteiger partial charge in [0.05, 0.1) is 0 Å². The number of esters is 3. The molecule has 0 aliphatic rings. The maximum Gasteiger partial charge on any atom is 0.306 e. The van der Waals surface area contributed by atoms with E-state index in [1.165, 1.54) is 186 Å². The maximum atomic E-state index is 12.7. The van der Waals surface area contributed by atoms with E-state index in [1.807, 2.05) is 0 Å². The van der Waals surface area contributed by atoms with E-state index in [0.717, 1.165) is 69.6 Å². The molecule has 60 heavy (non-hydrogen) atoms. The number of ether oxygens (including phenoxy) is 3. The lowest BCUT2D eigenvalue weighted by atomic mass is 10.0. The highest BCUT2D eigenvalue weighted by molar-refractivity contribution is 5.71. The number of unbranched alkanes of at least 4 members (excludes halogenated alkanes) is 33. The topological polar surface area (TPSA) is 78.9 Å². The molecule has 0 aliphatic carbocycles. The smallest absolute Gasteiger partial charge is 0.306 e. The SMILES string of the molecule is CCCCCCCCCCCCC(=O)OC[C@H](COC(=O)CCCCCCCCCCCCCCCCCCCCC(C)C)OC(=O)CCCCCCCCCCC(C)C. The van der Waals surface area contributed by atoms with Gasteiger partial charge in [-0.1, -0.05) is 259 Å². The van der Waals surface area contributed by atoms with E-state index >= 15 is 0 Å². The Morgan fingerprint density at radius 1 is 0.317 bits per heavy atom. The largest absolute Gasteiger partial charge is 0.462 e. The van der Waals surface area contributed by atoms with Gasteiger partial charge in [0.1, 0.15) is 13.2 Å². The van der Waals surface area contributed by atoms with Crippen LogP contribution in [-0.4, -0.2) is 37.2 Å². The second-order valence-corrected chi connectivity index (χ2v) is 19.5. The highest BCUT2D eigenvalue weighted by atomic mass is 16.6. The van der Waals surface area contributed by atoms with Crippen molar-refractivity contribution < 1.29 is 28.6 Å². The second kappa shape index (κ2) is 46.9. The van der Waals surface area contributed by atoms with Gasteiger partial charge in [0.2, 0.25) is 0 Å². The third-order valence-electron chi connectivity index (χ3n) is 12.2. The van der Waals surface area contributed by atoms with Gasteiger partial charge in [-0.05, 0) is 31.1 Å². The number of carbonyl (C=O) groups excluding carboxylic acids is 3. The first kappa shape index (κ1) is 58.4. The monoisotopic (exact) mass is 849 g/mol. The first-order chi connectivity index (χ1) is 29.2. The summed E-state index contributed by atoms with van der Waals surface area (Å²) < 4.78 is 16.8. The van der Waals surface area contributed by atoms with E-state index in [4.69, 9.17) is 14.2 Å². The molecule has 0 fully saturated rings. The number of rotatable bonds is 48. The van der Waals surface area contributed by atoms with Crippen molar-refractivity contribution in [3.05, 3.63) is 0 Å². The van der Waals surface area contributed by atoms with Gasteiger partial charge >= 0.3 is 17.9 Å². The molecular formula is C54H104O6. The number of hydrogen-bond donors (Lipinski definition) is 0. The van der Waals surface area contributed by atoms with Crippen LogP contribution < -0.4 is 0 Å². The molecule has 0 aromatic rings. The summed E-state index contributed by atoms with van der Waals surface area (Å²) in [6.07, 6.45) is 48.2. The Bertz CT molecular complexity index is 916. The molecule has 0 rings (SSSR count). The molecule has 0 aromatic carbocycles. The van der Waals surface area contributed by atoms with Crippen molar-refractivity contribution in [2.24, 2.45) is 11.8 Å². The third-order valence-corrected chi connectivity index (χ3v) is 12.2. The van der Waals surface area contributed by atoms with E-state index in [2.05, 4.69) is 34.6 Å². The average molecular weight is 849 g/mol. The fourth-order valence-electron chi connectivity index (χ4n) is 8.17. The molecule has 0 spiro atoms. The Morgan fingerprint density at radius 2 is 0.550 bits per heavy atom. The quantitative estimate of drug-likeness (QED) is 0.0345. The molecule has 6 nitrogen and oxygen atoms in total. The fourth-order valence-corrected chi connectivity index (χ4v) is 8.17. The van der Waals surface area contributed by atoms with Crippen molar-refractivity contribution in [2.75, 3.05) is 13.2 Å². The van der Waals surface area contributed by atoms with Crippen LogP contribution in [-0.2, 0) is 28.6 Å². The van der Waals surface area contributed by atoms with Crippen LogP contribution in [0.5, 0.6) is 0 Å². The van der Waals surface area contributed by atoms with Gasteiger partial charge in [0.25, 0.3) is 0 Å². The molecule has 0 N–H and O–H groups in total. The van der Waals surface area contributed by atoms with Crippen LogP contribution in [0.25, 0.3) is 0 Å². The van der Waals surface area contributed by atoms with Gasteiger partial charge < -0.3 is 14.2 Å². The minimum atomic E-state index is -0.761. The molecule has 6 heteroatoms. The van der Waals surface area contributed by atoms with Crippen LogP contribution in [0, 0.1) is 11.8 Å². The van der Waals surface area contributed by atoms with Crippen LogP contribution >= 0.6 is 0 Å². The summed E-state index contributed by atoms with van der Waals surface area (Å²) in [5.41, 5.74) is 0. The Balaban J connectivity index is 4.18. The second-order valence-electron chi connectivity index (χ2n) is 19.5. The first-order valence-corrected chi connectivity index (χ1v) is 26.7. The van der Waals surface area contributed by atoms with E-state index in [-0.39, 0.29) is 31.1 Å². The summed E-state index contributed by atoms with van der Waals surface area (Å²) in [5.74, 6) is 0.802. The Labute approximate surface area is 374 Å². The van der Waals surface area contributed by atoms with Crippen LogP contribution in [0.2, 0.25) is 0 Å². The molecule has 0 aromatic heterocycles. The molecular weight excluding hydrogens is 745 g/mol. The zero-order valence-electron chi connectivity index (χ0n) is 41.1. The molecule has 0 saturated heterocycles. The standard InChI is InChI=1S/C54H104O6/c1-6-7-8-9-10-11-23-29-34-39-44-52(55)58-47-51(60-54(57)46-41-36-31-26-25-28-33-38-43-50(4)5)48-59-53(56)45-40-35-30-24-21-19-17-15-13-12-14-16-18-20-22-27-32-37-42-49(2)3/h49-51H,6-48H2,1-5H3/t51-/m1/s1. The minimum Gasteiger partial charge on any atom is -0.462 e. The van der Waals surface area contributed by atoms with Gasteiger partial charge in [0.15, 0.2) is 6.10 Å². The fraction of sp³-hybridized carbons (Fsp3) is 0.944. The van der Waals surface area contributed by atoms with Crippen molar-refractivity contribution in [2.45, 2.75) is 304 Å². The van der Waals surface area contributed by atoms with Crippen molar-refractivity contribution in [3.8, 4) is 0 Å². The Hall–Kier alpha value is -1.59. The molecule has 0 amide bonds. The summed E-state index contributed by atoms with van der Waals surface area (Å²) in [6, 6.07) is 0. The van der Waals surface area contributed by atoms with E-state index in [1.54, 1.807) is 0 Å². The van der Waals surface area contributed by atoms with Gasteiger partial charge in [-0.3, -0.25) is 14.4 Å². The molecule has 0 bridgehead atoms. The lowest BCUT2D eigenvalue weighted by Gasteiger charge is -2.18. The minimum absolute atomic E-state index is 0.0639. The Kier molecular flexibility index (Phi) is 45.7. The van der Waals surface area contributed by atoms with Crippen molar-refractivity contribution in [1.82, 2.24) is 0 Å². The predicted octanol–water partition coefficient (Wildman–Crippen LogP) is 17.3. The lowest BCUT2D eigenvalue weighted by molar-refractivity contribution is -0.167. The lowest BCUT2D eigenvalue weighted by Crippen LogP contribution is -2.30.